The molecule has 1 heterocycles. The molecular weight excluding hydrogens is 441 g/mol. The molecule has 0 aliphatic heterocycles. The highest BCUT2D eigenvalue weighted by atomic mass is 35.5. The molecule has 152 valence electrons. The number of aromatic nitrogens is 1. The van der Waals surface area contributed by atoms with E-state index in [-0.39, 0.29) is 12.3 Å². The van der Waals surface area contributed by atoms with Crippen LogP contribution < -0.4 is 10.1 Å². The van der Waals surface area contributed by atoms with E-state index in [2.05, 4.69) is 16.4 Å². The van der Waals surface area contributed by atoms with Crippen LogP contribution in [-0.2, 0) is 4.79 Å². The number of carbonyl (C=O) groups excluding carboxylic acids is 1. The topological polar surface area (TPSA) is 75.0 Å². The van der Waals surface area contributed by atoms with Crippen molar-refractivity contribution in [3.05, 3.63) is 70.2 Å². The first-order chi connectivity index (χ1) is 14.5. The van der Waals surface area contributed by atoms with Crippen LogP contribution in [0.1, 0.15) is 12.0 Å². The number of ether oxygens (including phenoxy) is 1. The Hall–Kier alpha value is -2.72. The maximum atomic E-state index is 12.2. The fraction of sp³-hybridized carbons (Fsp3) is 0.136. The average Bonchev–Trinajstić information content (AvgIpc) is 2.76. The Morgan fingerprint density at radius 3 is 2.57 bits per heavy atom. The van der Waals surface area contributed by atoms with Gasteiger partial charge in [0, 0.05) is 23.4 Å². The smallest absolute Gasteiger partial charge is 0.225 e. The van der Waals surface area contributed by atoms with Gasteiger partial charge in [0.05, 0.1) is 28.4 Å². The van der Waals surface area contributed by atoms with Gasteiger partial charge < -0.3 is 10.1 Å². The minimum absolute atomic E-state index is 0.161. The van der Waals surface area contributed by atoms with Crippen molar-refractivity contribution >= 4 is 46.6 Å². The molecule has 0 atom stereocenters. The number of nitrogens with one attached hydrogen (secondary N) is 1. The molecule has 0 bridgehead atoms. The van der Waals surface area contributed by atoms with Crippen LogP contribution in [-0.4, -0.2) is 23.8 Å². The van der Waals surface area contributed by atoms with Gasteiger partial charge in [-0.25, -0.2) is 4.98 Å². The third kappa shape index (κ3) is 5.67. The zero-order valence-corrected chi connectivity index (χ0v) is 18.3. The first-order valence-corrected chi connectivity index (χ1v) is 10.7. The molecule has 0 unspecified atom stereocenters. The van der Waals surface area contributed by atoms with Gasteiger partial charge in [-0.15, -0.1) is 11.8 Å². The standard InChI is InChI=1S/C22H17Cl2N3O2S/c1-29-17-6-2-14(3-7-17)20-9-4-15(13-25)22(27-20)30-11-10-21(28)26-16-5-8-18(23)19(24)12-16/h2-9,12H,10-11H2,1H3,(H,26,28). The van der Waals surface area contributed by atoms with Crippen molar-refractivity contribution in [3.63, 3.8) is 0 Å². The number of nitrogens with zero attached hydrogens (tertiary/aromatic N) is 2. The van der Waals surface area contributed by atoms with E-state index in [4.69, 9.17) is 27.9 Å². The lowest BCUT2D eigenvalue weighted by molar-refractivity contribution is -0.115. The summed E-state index contributed by atoms with van der Waals surface area (Å²) < 4.78 is 5.18. The Bertz CT molecular complexity index is 1100. The summed E-state index contributed by atoms with van der Waals surface area (Å²) in [5.41, 5.74) is 2.72. The zero-order chi connectivity index (χ0) is 21.5. The minimum Gasteiger partial charge on any atom is -0.497 e. The van der Waals surface area contributed by atoms with Crippen LogP contribution in [0, 0.1) is 11.3 Å². The SMILES string of the molecule is COc1ccc(-c2ccc(C#N)c(SCCC(=O)Nc3ccc(Cl)c(Cl)c3)n2)cc1. The lowest BCUT2D eigenvalue weighted by Crippen LogP contribution is -2.12. The normalized spacial score (nSPS) is 10.3. The number of amides is 1. The monoisotopic (exact) mass is 457 g/mol. The quantitative estimate of drug-likeness (QED) is 0.436. The van der Waals surface area contributed by atoms with Gasteiger partial charge in [-0.05, 0) is 54.6 Å². The van der Waals surface area contributed by atoms with Gasteiger partial charge in [0.25, 0.3) is 0 Å². The fourth-order valence-corrected chi connectivity index (χ4v) is 3.81. The number of carbonyl (C=O) groups is 1. The van der Waals surface area contributed by atoms with E-state index in [9.17, 15) is 10.1 Å². The lowest BCUT2D eigenvalue weighted by Gasteiger charge is -2.08. The molecule has 0 fully saturated rings. The highest BCUT2D eigenvalue weighted by Crippen LogP contribution is 2.28. The number of anilines is 1. The van der Waals surface area contributed by atoms with Crippen molar-refractivity contribution in [1.82, 2.24) is 4.98 Å². The molecule has 0 saturated carbocycles. The molecule has 1 amide bonds. The number of halogens is 2. The van der Waals surface area contributed by atoms with Crippen LogP contribution in [0.15, 0.2) is 59.6 Å². The van der Waals surface area contributed by atoms with Crippen molar-refractivity contribution in [2.45, 2.75) is 11.4 Å². The van der Waals surface area contributed by atoms with Gasteiger partial charge in [-0.3, -0.25) is 4.79 Å². The third-order valence-electron chi connectivity index (χ3n) is 4.14. The summed E-state index contributed by atoms with van der Waals surface area (Å²) in [6.07, 6.45) is 0.254. The summed E-state index contributed by atoms with van der Waals surface area (Å²) in [5.74, 6) is 1.07. The highest BCUT2D eigenvalue weighted by molar-refractivity contribution is 7.99. The van der Waals surface area contributed by atoms with E-state index in [0.29, 0.717) is 32.1 Å². The average molecular weight is 458 g/mol. The van der Waals surface area contributed by atoms with Crippen LogP contribution in [0.25, 0.3) is 11.3 Å². The van der Waals surface area contributed by atoms with E-state index in [0.717, 1.165) is 17.0 Å². The lowest BCUT2D eigenvalue weighted by atomic mass is 10.1. The van der Waals surface area contributed by atoms with E-state index < -0.39 is 0 Å². The summed E-state index contributed by atoms with van der Waals surface area (Å²) in [4.78, 5) is 16.8. The molecule has 30 heavy (non-hydrogen) atoms. The zero-order valence-electron chi connectivity index (χ0n) is 16.0. The van der Waals surface area contributed by atoms with Crippen molar-refractivity contribution in [1.29, 1.82) is 5.26 Å². The number of hydrogen-bond donors (Lipinski definition) is 1. The summed E-state index contributed by atoms with van der Waals surface area (Å²) >= 11 is 13.2. The first kappa shape index (κ1) is 22.0. The van der Waals surface area contributed by atoms with Gasteiger partial charge in [-0.2, -0.15) is 5.26 Å². The Morgan fingerprint density at radius 2 is 1.90 bits per heavy atom. The second-order valence-electron chi connectivity index (χ2n) is 6.17. The summed E-state index contributed by atoms with van der Waals surface area (Å²) in [7, 11) is 1.61. The Labute approximate surface area is 189 Å². The maximum Gasteiger partial charge on any atom is 0.225 e. The first-order valence-electron chi connectivity index (χ1n) is 8.93. The fourth-order valence-electron chi connectivity index (χ4n) is 2.60. The van der Waals surface area contributed by atoms with Gasteiger partial charge in [0.15, 0.2) is 0 Å². The van der Waals surface area contributed by atoms with Crippen LogP contribution in [0.3, 0.4) is 0 Å². The van der Waals surface area contributed by atoms with Crippen LogP contribution in [0.4, 0.5) is 5.69 Å². The van der Waals surface area contributed by atoms with Crippen molar-refractivity contribution in [2.24, 2.45) is 0 Å². The van der Waals surface area contributed by atoms with Gasteiger partial charge in [-0.1, -0.05) is 23.2 Å². The molecule has 1 aromatic heterocycles. The Balaban J connectivity index is 1.64. The predicted molar refractivity (Wildman–Crippen MR) is 121 cm³/mol. The number of thioether (sulfide) groups is 1. The van der Waals surface area contributed by atoms with Crippen LogP contribution in [0.5, 0.6) is 5.75 Å². The minimum atomic E-state index is -0.161. The van der Waals surface area contributed by atoms with Gasteiger partial charge in [0.2, 0.25) is 5.91 Å². The summed E-state index contributed by atoms with van der Waals surface area (Å²) in [6.45, 7) is 0. The second kappa shape index (κ2) is 10.4. The molecule has 0 saturated heterocycles. The molecule has 5 nitrogen and oxygen atoms in total. The predicted octanol–water partition coefficient (Wildman–Crippen LogP) is 6.06. The van der Waals surface area contributed by atoms with E-state index in [1.165, 1.54) is 11.8 Å². The van der Waals surface area contributed by atoms with Crippen molar-refractivity contribution < 1.29 is 9.53 Å². The maximum absolute atomic E-state index is 12.2. The molecule has 0 aliphatic carbocycles. The third-order valence-corrected chi connectivity index (χ3v) is 5.87. The van der Waals surface area contributed by atoms with E-state index >= 15 is 0 Å². The summed E-state index contributed by atoms with van der Waals surface area (Å²) in [5, 5.41) is 13.6. The second-order valence-corrected chi connectivity index (χ2v) is 8.06. The highest BCUT2D eigenvalue weighted by Gasteiger charge is 2.10. The molecule has 3 rings (SSSR count). The number of nitriles is 1. The number of methoxy groups -OCH3 is 1. The summed E-state index contributed by atoms with van der Waals surface area (Å²) in [6, 6.07) is 18.1. The molecule has 1 N–H and O–H groups in total. The molecule has 3 aromatic rings. The van der Waals surface area contributed by atoms with Crippen LogP contribution in [0.2, 0.25) is 10.0 Å². The van der Waals surface area contributed by atoms with Gasteiger partial charge >= 0.3 is 0 Å². The Morgan fingerprint density at radius 1 is 1.13 bits per heavy atom. The number of pyridine rings is 1. The van der Waals surface area contributed by atoms with E-state index in [1.54, 1.807) is 37.4 Å². The molecule has 0 spiro atoms. The Kier molecular flexibility index (Phi) is 7.58. The molecule has 0 aliphatic rings. The molecule has 0 radical (unpaired) electrons. The van der Waals surface area contributed by atoms with Crippen molar-refractivity contribution in [3.8, 4) is 23.1 Å². The number of rotatable bonds is 7. The van der Waals surface area contributed by atoms with Crippen LogP contribution >= 0.6 is 35.0 Å². The van der Waals surface area contributed by atoms with Gasteiger partial charge in [0.1, 0.15) is 16.8 Å². The van der Waals surface area contributed by atoms with Crippen molar-refractivity contribution in [2.75, 3.05) is 18.2 Å². The number of hydrogen-bond acceptors (Lipinski definition) is 5. The molecular formula is C22H17Cl2N3O2S. The number of benzene rings is 2. The molecule has 2 aromatic carbocycles. The largest absolute Gasteiger partial charge is 0.497 e. The molecule has 8 heteroatoms. The van der Waals surface area contributed by atoms with E-state index in [1.807, 2.05) is 24.3 Å².